The van der Waals surface area contributed by atoms with Gasteiger partial charge in [-0.3, -0.25) is 4.79 Å². The lowest BCUT2D eigenvalue weighted by molar-refractivity contribution is -0.161. The molecule has 0 spiro atoms. The monoisotopic (exact) mass is 337 g/mol. The first-order valence-corrected chi connectivity index (χ1v) is 6.96. The van der Waals surface area contributed by atoms with E-state index < -0.39 is 5.54 Å². The molecule has 1 amide bonds. The molecule has 0 aromatic rings. The molecule has 0 aromatic heterocycles. The maximum absolute atomic E-state index is 12.1. The van der Waals surface area contributed by atoms with E-state index in [0.29, 0.717) is 29.9 Å². The first kappa shape index (κ1) is 12.1. The minimum Gasteiger partial charge on any atom is -0.464 e. The van der Waals surface area contributed by atoms with Crippen LogP contribution in [0.3, 0.4) is 0 Å². The van der Waals surface area contributed by atoms with E-state index in [1.165, 1.54) is 0 Å². The molecule has 0 aromatic carbocycles. The Morgan fingerprint density at radius 1 is 1.69 bits per heavy atom. The molecule has 2 saturated heterocycles. The fourth-order valence-corrected chi connectivity index (χ4v) is 3.68. The number of carbonyl (C=O) groups is 2. The van der Waals surface area contributed by atoms with Crippen molar-refractivity contribution in [1.29, 1.82) is 0 Å². The summed E-state index contributed by atoms with van der Waals surface area (Å²) in [5.41, 5.74) is -0.642. The Hall–Kier alpha value is -0.330. The van der Waals surface area contributed by atoms with Crippen LogP contribution in [0.2, 0.25) is 0 Å². The quantitative estimate of drug-likeness (QED) is 0.436. The van der Waals surface area contributed by atoms with Gasteiger partial charge in [0, 0.05) is 16.9 Å². The van der Waals surface area contributed by atoms with Crippen molar-refractivity contribution in [2.75, 3.05) is 13.2 Å². The van der Waals surface area contributed by atoms with Crippen LogP contribution in [0.5, 0.6) is 0 Å². The van der Waals surface area contributed by atoms with Gasteiger partial charge in [-0.15, -0.1) is 0 Å². The number of esters is 1. The highest BCUT2D eigenvalue weighted by Crippen LogP contribution is 2.41. The van der Waals surface area contributed by atoms with Gasteiger partial charge in [0.05, 0.1) is 6.61 Å². The SMILES string of the molecule is CCOC(=O)C12CCC(=O)N1CCC(I)C2. The molecular formula is C11H16INO3. The summed E-state index contributed by atoms with van der Waals surface area (Å²) >= 11 is 2.37. The number of fused-ring (bicyclic) bond motifs is 1. The van der Waals surface area contributed by atoms with Crippen molar-refractivity contribution in [3.05, 3.63) is 0 Å². The summed E-state index contributed by atoms with van der Waals surface area (Å²) in [6.07, 6.45) is 2.85. The maximum Gasteiger partial charge on any atom is 0.332 e. The van der Waals surface area contributed by atoms with E-state index in [-0.39, 0.29) is 11.9 Å². The average Bonchev–Trinajstić information content (AvgIpc) is 2.57. The number of rotatable bonds is 2. The van der Waals surface area contributed by atoms with Gasteiger partial charge in [-0.1, -0.05) is 22.6 Å². The summed E-state index contributed by atoms with van der Waals surface area (Å²) in [6.45, 7) is 2.89. The topological polar surface area (TPSA) is 46.6 Å². The lowest BCUT2D eigenvalue weighted by Gasteiger charge is -2.41. The largest absolute Gasteiger partial charge is 0.464 e. The Balaban J connectivity index is 2.25. The minimum atomic E-state index is -0.642. The van der Waals surface area contributed by atoms with E-state index in [4.69, 9.17) is 4.74 Å². The Morgan fingerprint density at radius 3 is 3.12 bits per heavy atom. The van der Waals surface area contributed by atoms with Crippen LogP contribution in [0.1, 0.15) is 32.6 Å². The lowest BCUT2D eigenvalue weighted by Crippen LogP contribution is -2.57. The summed E-state index contributed by atoms with van der Waals surface area (Å²) < 4.78 is 5.61. The highest BCUT2D eigenvalue weighted by atomic mass is 127. The Bertz CT molecular complexity index is 320. The first-order chi connectivity index (χ1) is 7.60. The third-order valence-corrected chi connectivity index (χ3v) is 4.51. The van der Waals surface area contributed by atoms with Crippen molar-refractivity contribution in [2.45, 2.75) is 42.1 Å². The second-order valence-electron chi connectivity index (χ2n) is 4.39. The van der Waals surface area contributed by atoms with Gasteiger partial charge < -0.3 is 9.64 Å². The molecule has 0 bridgehead atoms. The Morgan fingerprint density at radius 2 is 2.44 bits per heavy atom. The van der Waals surface area contributed by atoms with Gasteiger partial charge in [0.15, 0.2) is 0 Å². The molecule has 2 rings (SSSR count). The molecule has 2 heterocycles. The van der Waals surface area contributed by atoms with E-state index in [9.17, 15) is 9.59 Å². The Kier molecular flexibility index (Phi) is 3.42. The van der Waals surface area contributed by atoms with Crippen molar-refractivity contribution in [3.8, 4) is 0 Å². The van der Waals surface area contributed by atoms with Crippen LogP contribution in [0, 0.1) is 0 Å². The molecule has 0 saturated carbocycles. The molecule has 2 aliphatic rings. The molecule has 2 atom stereocenters. The average molecular weight is 337 g/mol. The summed E-state index contributed by atoms with van der Waals surface area (Å²) in [6, 6.07) is 0. The van der Waals surface area contributed by atoms with Crippen molar-refractivity contribution in [1.82, 2.24) is 4.90 Å². The van der Waals surface area contributed by atoms with Crippen LogP contribution in [-0.2, 0) is 14.3 Å². The van der Waals surface area contributed by atoms with Crippen LogP contribution >= 0.6 is 22.6 Å². The third kappa shape index (κ3) is 1.83. The highest BCUT2D eigenvalue weighted by Gasteiger charge is 2.54. The van der Waals surface area contributed by atoms with E-state index in [0.717, 1.165) is 12.8 Å². The molecular weight excluding hydrogens is 321 g/mol. The molecule has 5 heteroatoms. The molecule has 90 valence electrons. The molecule has 4 nitrogen and oxygen atoms in total. The second-order valence-corrected chi connectivity index (χ2v) is 6.15. The number of halogens is 1. The number of hydrogen-bond donors (Lipinski definition) is 0. The van der Waals surface area contributed by atoms with Crippen LogP contribution in [-0.4, -0.2) is 39.4 Å². The number of ether oxygens (including phenoxy) is 1. The minimum absolute atomic E-state index is 0.108. The van der Waals surface area contributed by atoms with E-state index in [2.05, 4.69) is 22.6 Å². The smallest absolute Gasteiger partial charge is 0.332 e. The van der Waals surface area contributed by atoms with Crippen molar-refractivity contribution in [2.24, 2.45) is 0 Å². The molecule has 2 unspecified atom stereocenters. The number of piperidine rings is 1. The predicted molar refractivity (Wildman–Crippen MR) is 67.4 cm³/mol. The third-order valence-electron chi connectivity index (χ3n) is 3.45. The molecule has 0 N–H and O–H groups in total. The second kappa shape index (κ2) is 4.50. The molecule has 16 heavy (non-hydrogen) atoms. The standard InChI is InChI=1S/C11H16INO3/c1-2-16-10(15)11-5-3-9(14)13(11)6-4-8(12)7-11/h8H,2-7H2,1H3. The van der Waals surface area contributed by atoms with Crippen molar-refractivity contribution >= 4 is 34.5 Å². The zero-order valence-electron chi connectivity index (χ0n) is 9.37. The first-order valence-electron chi connectivity index (χ1n) is 5.72. The van der Waals surface area contributed by atoms with Gasteiger partial charge in [-0.25, -0.2) is 4.79 Å². The fraction of sp³-hybridized carbons (Fsp3) is 0.818. The Labute approximate surface area is 109 Å². The van der Waals surface area contributed by atoms with Crippen molar-refractivity contribution < 1.29 is 14.3 Å². The van der Waals surface area contributed by atoms with E-state index in [1.54, 1.807) is 11.8 Å². The van der Waals surface area contributed by atoms with Crippen molar-refractivity contribution in [3.63, 3.8) is 0 Å². The normalized spacial score (nSPS) is 33.8. The molecule has 0 radical (unpaired) electrons. The number of amides is 1. The predicted octanol–water partition coefficient (Wildman–Crippen LogP) is 1.51. The van der Waals surface area contributed by atoms with E-state index >= 15 is 0 Å². The number of alkyl halides is 1. The van der Waals surface area contributed by atoms with Crippen LogP contribution < -0.4 is 0 Å². The van der Waals surface area contributed by atoms with Crippen LogP contribution in [0.25, 0.3) is 0 Å². The van der Waals surface area contributed by atoms with Gasteiger partial charge in [0.25, 0.3) is 0 Å². The molecule has 2 fully saturated rings. The molecule has 2 aliphatic heterocycles. The van der Waals surface area contributed by atoms with Gasteiger partial charge in [-0.2, -0.15) is 0 Å². The van der Waals surface area contributed by atoms with Gasteiger partial charge >= 0.3 is 5.97 Å². The van der Waals surface area contributed by atoms with E-state index in [1.807, 2.05) is 0 Å². The zero-order chi connectivity index (χ0) is 11.8. The zero-order valence-corrected chi connectivity index (χ0v) is 11.5. The van der Waals surface area contributed by atoms with Crippen LogP contribution in [0.15, 0.2) is 0 Å². The summed E-state index contributed by atoms with van der Waals surface area (Å²) in [5.74, 6) is -0.0985. The highest BCUT2D eigenvalue weighted by molar-refractivity contribution is 14.1. The lowest BCUT2D eigenvalue weighted by atomic mass is 9.86. The fourth-order valence-electron chi connectivity index (χ4n) is 2.67. The molecule has 0 aliphatic carbocycles. The number of nitrogens with zero attached hydrogens (tertiary/aromatic N) is 1. The van der Waals surface area contributed by atoms with Gasteiger partial charge in [0.2, 0.25) is 5.91 Å². The summed E-state index contributed by atoms with van der Waals surface area (Å²) in [4.78, 5) is 25.6. The van der Waals surface area contributed by atoms with Crippen LogP contribution in [0.4, 0.5) is 0 Å². The van der Waals surface area contributed by atoms with Gasteiger partial charge in [-0.05, 0) is 26.2 Å². The summed E-state index contributed by atoms with van der Waals surface area (Å²) in [7, 11) is 0. The van der Waals surface area contributed by atoms with Gasteiger partial charge in [0.1, 0.15) is 5.54 Å². The number of carbonyl (C=O) groups excluding carboxylic acids is 2. The summed E-state index contributed by atoms with van der Waals surface area (Å²) in [5, 5.41) is 0. The number of hydrogen-bond acceptors (Lipinski definition) is 3. The maximum atomic E-state index is 12.1.